The third-order valence-electron chi connectivity index (χ3n) is 5.28. The van der Waals surface area contributed by atoms with Crippen LogP contribution in [0, 0.1) is 12.3 Å². The van der Waals surface area contributed by atoms with Crippen molar-refractivity contribution in [1.82, 2.24) is 19.9 Å². The predicted molar refractivity (Wildman–Crippen MR) is 135 cm³/mol. The molecule has 8 nitrogen and oxygen atoms in total. The standard InChI is InChI=1S/C25H24ClN7O/c1-15-4-3-5-24(30-15)32-21(13-23(27)31-16(2)17-6-8-19(26)9-7-17)18-10-11-33-22(12-18)20(14-29-33)25(28)34/h3-14,16H,1-2H3,(H2,27,31)(H2,28,34)(H,30,32)/b21-13-. The van der Waals surface area contributed by atoms with E-state index in [0.717, 1.165) is 16.8 Å². The van der Waals surface area contributed by atoms with E-state index in [2.05, 4.69) is 20.7 Å². The first kappa shape index (κ1) is 23.0. The molecule has 0 saturated carbocycles. The average molecular weight is 474 g/mol. The average Bonchev–Trinajstić information content (AvgIpc) is 3.22. The number of hydrogen-bond donors (Lipinski definition) is 4. The number of aryl methyl sites for hydroxylation is 1. The van der Waals surface area contributed by atoms with Crippen LogP contribution >= 0.6 is 11.6 Å². The van der Waals surface area contributed by atoms with Crippen molar-refractivity contribution < 1.29 is 4.79 Å². The number of aromatic nitrogens is 3. The van der Waals surface area contributed by atoms with E-state index in [9.17, 15) is 4.79 Å². The molecule has 0 spiro atoms. The molecule has 1 aromatic carbocycles. The summed E-state index contributed by atoms with van der Waals surface area (Å²) in [5.74, 6) is 0.270. The number of pyridine rings is 2. The number of primary amides is 1. The number of carbonyl (C=O) groups is 1. The second-order valence-corrected chi connectivity index (χ2v) is 8.28. The summed E-state index contributed by atoms with van der Waals surface area (Å²) in [6.45, 7) is 3.88. The second kappa shape index (κ2) is 9.76. The van der Waals surface area contributed by atoms with Gasteiger partial charge in [0.25, 0.3) is 5.91 Å². The summed E-state index contributed by atoms with van der Waals surface area (Å²) in [6.07, 6.45) is 4.87. The lowest BCUT2D eigenvalue weighted by Crippen LogP contribution is -2.25. The van der Waals surface area contributed by atoms with Crippen molar-refractivity contribution in [1.29, 1.82) is 5.41 Å². The van der Waals surface area contributed by atoms with Crippen molar-refractivity contribution in [3.05, 3.63) is 100 Å². The van der Waals surface area contributed by atoms with Crippen LogP contribution in [0.2, 0.25) is 5.02 Å². The van der Waals surface area contributed by atoms with E-state index in [4.69, 9.17) is 22.7 Å². The zero-order valence-electron chi connectivity index (χ0n) is 18.7. The number of anilines is 1. The maximum Gasteiger partial charge on any atom is 0.252 e. The van der Waals surface area contributed by atoms with E-state index < -0.39 is 5.91 Å². The van der Waals surface area contributed by atoms with Gasteiger partial charge in [0.15, 0.2) is 0 Å². The first-order chi connectivity index (χ1) is 16.3. The smallest absolute Gasteiger partial charge is 0.252 e. The van der Waals surface area contributed by atoms with E-state index in [1.807, 2.05) is 62.4 Å². The molecule has 1 atom stereocenters. The fourth-order valence-corrected chi connectivity index (χ4v) is 3.66. The Morgan fingerprint density at radius 3 is 2.68 bits per heavy atom. The Balaban J connectivity index is 1.68. The molecule has 0 radical (unpaired) electrons. The number of amides is 1. The summed E-state index contributed by atoms with van der Waals surface area (Å²) in [4.78, 5) is 16.3. The Hall–Kier alpha value is -4.17. The third-order valence-corrected chi connectivity index (χ3v) is 5.53. The third kappa shape index (κ3) is 5.24. The molecule has 0 aliphatic rings. The van der Waals surface area contributed by atoms with Crippen LogP contribution in [0.4, 0.5) is 5.82 Å². The Kier molecular flexibility index (Phi) is 6.60. The molecule has 3 aromatic heterocycles. The molecule has 9 heteroatoms. The van der Waals surface area contributed by atoms with Gasteiger partial charge in [-0.05, 0) is 55.8 Å². The molecule has 0 aliphatic carbocycles. The maximum absolute atomic E-state index is 11.8. The molecule has 1 amide bonds. The first-order valence-electron chi connectivity index (χ1n) is 10.6. The molecule has 4 aromatic rings. The lowest BCUT2D eigenvalue weighted by Gasteiger charge is -2.17. The molecule has 0 saturated heterocycles. The van der Waals surface area contributed by atoms with Crippen LogP contribution in [0.5, 0.6) is 0 Å². The number of amidine groups is 1. The number of benzene rings is 1. The number of nitrogens with one attached hydrogen (secondary N) is 3. The van der Waals surface area contributed by atoms with Crippen molar-refractivity contribution in [2.75, 3.05) is 5.32 Å². The van der Waals surface area contributed by atoms with E-state index in [-0.39, 0.29) is 11.9 Å². The van der Waals surface area contributed by atoms with Crippen molar-refractivity contribution in [2.45, 2.75) is 19.9 Å². The van der Waals surface area contributed by atoms with Crippen molar-refractivity contribution in [3.63, 3.8) is 0 Å². The van der Waals surface area contributed by atoms with E-state index >= 15 is 0 Å². The molecule has 0 aliphatic heterocycles. The second-order valence-electron chi connectivity index (χ2n) is 7.85. The van der Waals surface area contributed by atoms with Gasteiger partial charge in [-0.25, -0.2) is 9.50 Å². The zero-order chi connectivity index (χ0) is 24.2. The van der Waals surface area contributed by atoms with Crippen molar-refractivity contribution in [3.8, 4) is 0 Å². The summed E-state index contributed by atoms with van der Waals surface area (Å²) in [5.41, 5.74) is 9.62. The van der Waals surface area contributed by atoms with Crippen molar-refractivity contribution >= 4 is 40.4 Å². The molecular formula is C25H24ClN7O. The highest BCUT2D eigenvalue weighted by molar-refractivity contribution is 6.30. The van der Waals surface area contributed by atoms with Crippen LogP contribution in [0.25, 0.3) is 11.2 Å². The monoisotopic (exact) mass is 473 g/mol. The van der Waals surface area contributed by atoms with Gasteiger partial charge in [-0.3, -0.25) is 10.2 Å². The molecule has 1 unspecified atom stereocenters. The quantitative estimate of drug-likeness (QED) is 0.231. The van der Waals surface area contributed by atoms with Crippen LogP contribution in [-0.4, -0.2) is 26.3 Å². The number of hydrogen-bond acceptors (Lipinski definition) is 5. The molecular weight excluding hydrogens is 450 g/mol. The van der Waals surface area contributed by atoms with Crippen LogP contribution < -0.4 is 16.4 Å². The highest BCUT2D eigenvalue weighted by Gasteiger charge is 2.13. The van der Waals surface area contributed by atoms with Gasteiger partial charge in [0, 0.05) is 34.6 Å². The number of fused-ring (bicyclic) bond motifs is 1. The van der Waals surface area contributed by atoms with Crippen LogP contribution in [0.15, 0.2) is 73.1 Å². The SMILES string of the molecule is Cc1cccc(N/C(=C\C(=N)NC(C)c2ccc(Cl)cc2)c2ccn3ncc(C(N)=O)c3c2)n1. The molecule has 172 valence electrons. The summed E-state index contributed by atoms with van der Waals surface area (Å²) < 4.78 is 1.58. The predicted octanol–water partition coefficient (Wildman–Crippen LogP) is 4.57. The van der Waals surface area contributed by atoms with E-state index in [1.165, 1.54) is 6.20 Å². The maximum atomic E-state index is 11.8. The minimum Gasteiger partial charge on any atom is -0.365 e. The lowest BCUT2D eigenvalue weighted by atomic mass is 10.1. The van der Waals surface area contributed by atoms with Crippen LogP contribution in [-0.2, 0) is 0 Å². The van der Waals surface area contributed by atoms with Gasteiger partial charge in [0.2, 0.25) is 0 Å². The zero-order valence-corrected chi connectivity index (χ0v) is 19.5. The molecule has 5 N–H and O–H groups in total. The van der Waals surface area contributed by atoms with E-state index in [1.54, 1.807) is 22.9 Å². The van der Waals surface area contributed by atoms with Gasteiger partial charge in [-0.1, -0.05) is 29.8 Å². The summed E-state index contributed by atoms with van der Waals surface area (Å²) in [6, 6.07) is 16.7. The van der Waals surface area contributed by atoms with Gasteiger partial charge in [0.1, 0.15) is 11.7 Å². The highest BCUT2D eigenvalue weighted by Crippen LogP contribution is 2.22. The fourth-order valence-electron chi connectivity index (χ4n) is 3.53. The molecule has 0 fully saturated rings. The number of carbonyl (C=O) groups excluding carboxylic acids is 1. The minimum absolute atomic E-state index is 0.113. The van der Waals surface area contributed by atoms with Gasteiger partial charge in [-0.15, -0.1) is 0 Å². The summed E-state index contributed by atoms with van der Waals surface area (Å²) >= 11 is 5.99. The Morgan fingerprint density at radius 2 is 1.97 bits per heavy atom. The van der Waals surface area contributed by atoms with Gasteiger partial charge in [0.05, 0.1) is 23.0 Å². The summed E-state index contributed by atoms with van der Waals surface area (Å²) in [7, 11) is 0. The summed E-state index contributed by atoms with van der Waals surface area (Å²) in [5, 5.41) is 19.9. The van der Waals surface area contributed by atoms with Crippen molar-refractivity contribution in [2.24, 2.45) is 5.73 Å². The normalized spacial score (nSPS) is 12.4. The number of nitrogens with zero attached hydrogens (tertiary/aromatic N) is 3. The lowest BCUT2D eigenvalue weighted by molar-refractivity contribution is 0.100. The van der Waals surface area contributed by atoms with Crippen LogP contribution in [0.1, 0.15) is 40.1 Å². The Bertz CT molecular complexity index is 1390. The topological polar surface area (TPSA) is 121 Å². The number of halogens is 1. The molecule has 34 heavy (non-hydrogen) atoms. The fraction of sp³-hybridized carbons (Fsp3) is 0.120. The van der Waals surface area contributed by atoms with Gasteiger partial charge in [-0.2, -0.15) is 5.10 Å². The molecule has 3 heterocycles. The van der Waals surface area contributed by atoms with E-state index in [0.29, 0.717) is 27.6 Å². The number of nitrogens with two attached hydrogens (primary N) is 1. The Morgan fingerprint density at radius 1 is 1.21 bits per heavy atom. The molecule has 0 bridgehead atoms. The van der Waals surface area contributed by atoms with Gasteiger partial charge < -0.3 is 16.4 Å². The van der Waals surface area contributed by atoms with Crippen LogP contribution in [0.3, 0.4) is 0 Å². The highest BCUT2D eigenvalue weighted by atomic mass is 35.5. The number of rotatable bonds is 7. The minimum atomic E-state index is -0.558. The largest absolute Gasteiger partial charge is 0.365 e. The van der Waals surface area contributed by atoms with Gasteiger partial charge >= 0.3 is 0 Å². The first-order valence-corrected chi connectivity index (χ1v) is 11.0. The Labute approximate surface area is 202 Å². The molecule has 4 rings (SSSR count).